The van der Waals surface area contributed by atoms with Crippen molar-refractivity contribution in [1.82, 2.24) is 15.5 Å². The molecule has 1 fully saturated rings. The third-order valence-corrected chi connectivity index (χ3v) is 7.78. The van der Waals surface area contributed by atoms with Crippen molar-refractivity contribution in [2.45, 2.75) is 73.6 Å². The van der Waals surface area contributed by atoms with Crippen LogP contribution in [0, 0.1) is 16.7 Å². The van der Waals surface area contributed by atoms with E-state index in [1.807, 2.05) is 13.1 Å². The van der Waals surface area contributed by atoms with Gasteiger partial charge < -0.3 is 25.0 Å². The van der Waals surface area contributed by atoms with Crippen molar-refractivity contribution in [3.63, 3.8) is 0 Å². The molecule has 0 aromatic rings. The fourth-order valence-corrected chi connectivity index (χ4v) is 5.18. The smallest absolute Gasteiger partial charge is 0.168 e. The van der Waals surface area contributed by atoms with Crippen LogP contribution >= 0.6 is 0 Å². The lowest BCUT2D eigenvalue weighted by Crippen LogP contribution is -2.45. The maximum absolute atomic E-state index is 6.03. The fourth-order valence-electron chi connectivity index (χ4n) is 5.18. The molecule has 3 heterocycles. The van der Waals surface area contributed by atoms with Crippen LogP contribution < -0.4 is 10.6 Å². The van der Waals surface area contributed by atoms with E-state index in [0.717, 1.165) is 61.8 Å². The largest absolute Gasteiger partial charge is 0.378 e. The molecule has 7 nitrogen and oxygen atoms in total. The van der Waals surface area contributed by atoms with Crippen molar-refractivity contribution in [3.05, 3.63) is 66.5 Å². The van der Waals surface area contributed by atoms with Crippen LogP contribution in [0.25, 0.3) is 0 Å². The van der Waals surface area contributed by atoms with Crippen molar-refractivity contribution >= 4 is 11.6 Å². The van der Waals surface area contributed by atoms with Gasteiger partial charge in [0.25, 0.3) is 0 Å². The minimum Gasteiger partial charge on any atom is -0.378 e. The number of nitrogens with zero attached hydrogens (tertiary/aromatic N) is 3. The predicted molar refractivity (Wildman–Crippen MR) is 163 cm³/mol. The first-order chi connectivity index (χ1) is 18.5. The SMILES string of the molecule is C=C=N[C@@H](C)C(/C=C(\C)NC(=C)[C@]1(C)C=CN=C(C(C)(C)C)CC1)C1=CNC(OCC)C(N2CCOCC2)=C1. The Morgan fingerprint density at radius 1 is 1.41 bits per heavy atom. The van der Waals surface area contributed by atoms with Gasteiger partial charge >= 0.3 is 0 Å². The lowest BCUT2D eigenvalue weighted by atomic mass is 9.79. The summed E-state index contributed by atoms with van der Waals surface area (Å²) in [5, 5.41) is 7.10. The second-order valence-electron chi connectivity index (χ2n) is 11.9. The normalized spacial score (nSPS) is 25.7. The van der Waals surface area contributed by atoms with Gasteiger partial charge in [-0.1, -0.05) is 46.4 Å². The third-order valence-electron chi connectivity index (χ3n) is 7.78. The Bertz CT molecular complexity index is 1080. The number of hydrogen-bond donors (Lipinski definition) is 2. The van der Waals surface area contributed by atoms with Crippen LogP contribution in [0.1, 0.15) is 61.3 Å². The molecule has 39 heavy (non-hydrogen) atoms. The number of allylic oxidation sites excluding steroid dienone is 3. The zero-order valence-electron chi connectivity index (χ0n) is 25.1. The standard InChI is InChI=1S/C32H49N5O2/c1-10-33-24(4)27(26-21-28(30(35-22-26)39-11-2)37-16-18-38-19-17-37)20-23(3)36-25(5)32(9)13-12-29(31(6,7)8)34-15-14-32/h14-15,20-22,24,27,30,35-36H,1,5,11-13,16-19H2,2-4,6-9H3/b23-20+/t24-,27?,30?,32-/m0/s1. The molecule has 0 radical (unpaired) electrons. The number of morpholine rings is 1. The van der Waals surface area contributed by atoms with E-state index in [1.54, 1.807) is 0 Å². The highest BCUT2D eigenvalue weighted by atomic mass is 16.5. The molecule has 3 aliphatic rings. The molecule has 2 unspecified atom stereocenters. The first-order valence-corrected chi connectivity index (χ1v) is 14.2. The number of ether oxygens (including phenoxy) is 2. The van der Waals surface area contributed by atoms with E-state index < -0.39 is 0 Å². The topological polar surface area (TPSA) is 70.5 Å². The second kappa shape index (κ2) is 13.5. The van der Waals surface area contributed by atoms with Crippen LogP contribution in [0.3, 0.4) is 0 Å². The lowest BCUT2D eigenvalue weighted by molar-refractivity contribution is 0.0130. The van der Waals surface area contributed by atoms with Gasteiger partial charge in [-0.3, -0.25) is 4.99 Å². The lowest BCUT2D eigenvalue weighted by Gasteiger charge is -2.37. The van der Waals surface area contributed by atoms with Crippen LogP contribution in [0.15, 0.2) is 76.4 Å². The quantitative estimate of drug-likeness (QED) is 0.350. The highest BCUT2D eigenvalue weighted by Crippen LogP contribution is 2.36. The van der Waals surface area contributed by atoms with Crippen LogP contribution in [-0.4, -0.2) is 61.7 Å². The zero-order valence-corrected chi connectivity index (χ0v) is 25.1. The zero-order chi connectivity index (χ0) is 28.6. The monoisotopic (exact) mass is 535 g/mol. The van der Waals surface area contributed by atoms with Gasteiger partial charge in [0.2, 0.25) is 0 Å². The Labute approximate surface area is 236 Å². The molecule has 1 saturated heterocycles. The minimum absolute atomic E-state index is 0.000949. The summed E-state index contributed by atoms with van der Waals surface area (Å²) in [6.07, 6.45) is 12.4. The summed E-state index contributed by atoms with van der Waals surface area (Å²) >= 11 is 0. The van der Waals surface area contributed by atoms with Gasteiger partial charge in [-0.2, -0.15) is 0 Å². The van der Waals surface area contributed by atoms with E-state index in [1.165, 1.54) is 5.71 Å². The number of hydrogen-bond acceptors (Lipinski definition) is 7. The molecule has 0 spiro atoms. The summed E-state index contributed by atoms with van der Waals surface area (Å²) < 4.78 is 11.6. The molecular formula is C32H49N5O2. The van der Waals surface area contributed by atoms with Crippen LogP contribution in [-0.2, 0) is 9.47 Å². The molecule has 3 rings (SSSR count). The van der Waals surface area contributed by atoms with E-state index in [-0.39, 0.29) is 29.0 Å². The Kier molecular flexibility index (Phi) is 10.6. The average molecular weight is 536 g/mol. The minimum atomic E-state index is -0.203. The van der Waals surface area contributed by atoms with Gasteiger partial charge in [-0.15, -0.1) is 0 Å². The summed E-state index contributed by atoms with van der Waals surface area (Å²) in [5.74, 6) is 2.75. The molecule has 2 N–H and O–H groups in total. The molecule has 3 aliphatic heterocycles. The van der Waals surface area contributed by atoms with Crippen LogP contribution in [0.5, 0.6) is 0 Å². The van der Waals surface area contributed by atoms with Crippen LogP contribution in [0.2, 0.25) is 0 Å². The summed E-state index contributed by atoms with van der Waals surface area (Å²) in [6.45, 7) is 27.0. The van der Waals surface area contributed by atoms with Crippen LogP contribution in [0.4, 0.5) is 0 Å². The summed E-state index contributed by atoms with van der Waals surface area (Å²) in [6, 6.07) is -0.0532. The first-order valence-electron chi connectivity index (χ1n) is 14.2. The van der Waals surface area contributed by atoms with Crippen molar-refractivity contribution in [2.75, 3.05) is 32.9 Å². The maximum atomic E-state index is 6.03. The third kappa shape index (κ3) is 8.07. The Hall–Kier alpha value is -2.86. The molecule has 214 valence electrons. The molecule has 7 heteroatoms. The van der Waals surface area contributed by atoms with Gasteiger partial charge in [-0.25, -0.2) is 4.99 Å². The summed E-state index contributed by atoms with van der Waals surface area (Å²) in [5.41, 5.74) is 5.34. The fraction of sp³-hybridized carbons (Fsp3) is 0.594. The second-order valence-corrected chi connectivity index (χ2v) is 11.9. The van der Waals surface area contributed by atoms with Gasteiger partial charge in [-0.05, 0) is 57.7 Å². The van der Waals surface area contributed by atoms with Crippen molar-refractivity contribution in [3.8, 4) is 0 Å². The van der Waals surface area contributed by atoms with E-state index in [4.69, 9.17) is 14.5 Å². The van der Waals surface area contributed by atoms with Gasteiger partial charge in [0.1, 0.15) is 0 Å². The number of rotatable bonds is 10. The van der Waals surface area contributed by atoms with E-state index in [9.17, 15) is 0 Å². The Morgan fingerprint density at radius 3 is 2.77 bits per heavy atom. The highest BCUT2D eigenvalue weighted by molar-refractivity contribution is 5.90. The molecule has 0 saturated carbocycles. The molecule has 0 aliphatic carbocycles. The highest BCUT2D eigenvalue weighted by Gasteiger charge is 2.31. The molecule has 0 aromatic heterocycles. The molecule has 4 atom stereocenters. The van der Waals surface area contributed by atoms with Crippen molar-refractivity contribution in [2.24, 2.45) is 26.7 Å². The number of dihydropyridines is 1. The Balaban J connectivity index is 1.83. The summed E-state index contributed by atoms with van der Waals surface area (Å²) in [4.78, 5) is 11.6. The molecule has 0 bridgehead atoms. The maximum Gasteiger partial charge on any atom is 0.168 e. The predicted octanol–water partition coefficient (Wildman–Crippen LogP) is 5.72. The van der Waals surface area contributed by atoms with Gasteiger partial charge in [0, 0.05) is 65.9 Å². The summed E-state index contributed by atoms with van der Waals surface area (Å²) in [7, 11) is 0. The number of aliphatic imine (C=N–C) groups is 2. The van der Waals surface area contributed by atoms with Gasteiger partial charge in [0.15, 0.2) is 6.23 Å². The molecule has 0 amide bonds. The first kappa shape index (κ1) is 30.7. The molecular weight excluding hydrogens is 486 g/mol. The Morgan fingerprint density at radius 2 is 2.13 bits per heavy atom. The van der Waals surface area contributed by atoms with E-state index >= 15 is 0 Å². The van der Waals surface area contributed by atoms with Crippen molar-refractivity contribution in [1.29, 1.82) is 0 Å². The molecule has 0 aromatic carbocycles. The average Bonchev–Trinajstić information content (AvgIpc) is 3.11. The van der Waals surface area contributed by atoms with E-state index in [0.29, 0.717) is 6.61 Å². The van der Waals surface area contributed by atoms with Crippen molar-refractivity contribution < 1.29 is 9.47 Å². The van der Waals surface area contributed by atoms with E-state index in [2.05, 4.69) is 106 Å². The number of nitrogens with one attached hydrogen (secondary N) is 2. The van der Waals surface area contributed by atoms with Gasteiger partial charge in [0.05, 0.1) is 25.0 Å².